The highest BCUT2D eigenvalue weighted by molar-refractivity contribution is 7.99. The Morgan fingerprint density at radius 2 is 1.59 bits per heavy atom. The number of ether oxygens (including phenoxy) is 1. The number of imide groups is 1. The lowest BCUT2D eigenvalue weighted by molar-refractivity contribution is -0.127. The third-order valence-corrected chi connectivity index (χ3v) is 6.10. The number of nitrogens with one attached hydrogen (secondary N) is 2. The van der Waals surface area contributed by atoms with Crippen molar-refractivity contribution in [2.24, 2.45) is 0 Å². The number of aryl methyl sites for hydroxylation is 1. The second kappa shape index (κ2) is 10.3. The van der Waals surface area contributed by atoms with Crippen LogP contribution in [0.25, 0.3) is 6.08 Å². The Labute approximate surface area is 201 Å². The summed E-state index contributed by atoms with van der Waals surface area (Å²) in [7, 11) is 1.55. The summed E-state index contributed by atoms with van der Waals surface area (Å²) in [6.45, 7) is 1.66. The summed E-state index contributed by atoms with van der Waals surface area (Å²) < 4.78 is 5.08. The molecule has 0 spiro atoms. The summed E-state index contributed by atoms with van der Waals surface area (Å²) in [5, 5.41) is 5.21. The third-order valence-electron chi connectivity index (χ3n) is 5.09. The maximum absolute atomic E-state index is 12.7. The average Bonchev–Trinajstić information content (AvgIpc) is 3.09. The summed E-state index contributed by atoms with van der Waals surface area (Å²) in [6.07, 6.45) is 1.60. The first-order valence-electron chi connectivity index (χ1n) is 10.5. The predicted molar refractivity (Wildman–Crippen MR) is 132 cm³/mol. The molecule has 1 fully saturated rings. The van der Waals surface area contributed by atoms with E-state index >= 15 is 0 Å². The Morgan fingerprint density at radius 1 is 0.971 bits per heavy atom. The maximum atomic E-state index is 12.7. The molecule has 8 heteroatoms. The Bertz CT molecular complexity index is 1240. The standard InChI is InChI=1S/C26H23N3O4S/c1-17-3-11-21(12-4-17)34-22-13-5-18(6-14-22)15-23-25(31)29(26(32)28-23)16-24(30)27-19-7-9-20(33-2)10-8-19/h3-15H,16H2,1-2H3,(H,27,30)(H,28,32)/b23-15-. The number of carbonyl (C=O) groups is 3. The van der Waals surface area contributed by atoms with Gasteiger partial charge in [0.25, 0.3) is 5.91 Å². The van der Waals surface area contributed by atoms with Crippen molar-refractivity contribution in [2.45, 2.75) is 16.7 Å². The summed E-state index contributed by atoms with van der Waals surface area (Å²) >= 11 is 1.64. The molecule has 3 aromatic carbocycles. The fraction of sp³-hybridized carbons (Fsp3) is 0.115. The molecule has 1 saturated heterocycles. The van der Waals surface area contributed by atoms with Crippen LogP contribution in [-0.2, 0) is 9.59 Å². The monoisotopic (exact) mass is 473 g/mol. The van der Waals surface area contributed by atoms with Crippen LogP contribution >= 0.6 is 11.8 Å². The van der Waals surface area contributed by atoms with Gasteiger partial charge in [-0.2, -0.15) is 0 Å². The molecule has 0 unspecified atom stereocenters. The van der Waals surface area contributed by atoms with Gasteiger partial charge in [0.15, 0.2) is 0 Å². The van der Waals surface area contributed by atoms with Crippen LogP contribution in [-0.4, -0.2) is 36.4 Å². The van der Waals surface area contributed by atoms with Crippen LogP contribution in [0.5, 0.6) is 5.75 Å². The number of methoxy groups -OCH3 is 1. The lowest BCUT2D eigenvalue weighted by Crippen LogP contribution is -2.38. The number of amides is 4. The summed E-state index contributed by atoms with van der Waals surface area (Å²) in [6, 6.07) is 22.1. The van der Waals surface area contributed by atoms with E-state index in [2.05, 4.69) is 34.9 Å². The molecule has 0 bridgehead atoms. The molecule has 0 radical (unpaired) electrons. The number of hydrogen-bond donors (Lipinski definition) is 2. The minimum Gasteiger partial charge on any atom is -0.497 e. The number of hydrogen-bond acceptors (Lipinski definition) is 5. The van der Waals surface area contributed by atoms with E-state index in [0.717, 1.165) is 20.3 Å². The first kappa shape index (κ1) is 23.1. The normalized spacial score (nSPS) is 14.3. The molecule has 3 aromatic rings. The van der Waals surface area contributed by atoms with Gasteiger partial charge < -0.3 is 15.4 Å². The molecule has 0 saturated carbocycles. The van der Waals surface area contributed by atoms with E-state index in [1.165, 1.54) is 5.56 Å². The summed E-state index contributed by atoms with van der Waals surface area (Å²) in [5.41, 5.74) is 2.64. The highest BCUT2D eigenvalue weighted by Gasteiger charge is 2.34. The lowest BCUT2D eigenvalue weighted by Gasteiger charge is -2.12. The molecule has 0 atom stereocenters. The Hall–Kier alpha value is -4.04. The zero-order chi connectivity index (χ0) is 24.1. The maximum Gasteiger partial charge on any atom is 0.329 e. The van der Waals surface area contributed by atoms with Crippen molar-refractivity contribution in [2.75, 3.05) is 19.0 Å². The largest absolute Gasteiger partial charge is 0.497 e. The molecule has 0 aliphatic carbocycles. The van der Waals surface area contributed by atoms with E-state index in [1.807, 2.05) is 31.2 Å². The van der Waals surface area contributed by atoms with E-state index in [4.69, 9.17) is 4.74 Å². The van der Waals surface area contributed by atoms with Gasteiger partial charge in [0, 0.05) is 15.5 Å². The van der Waals surface area contributed by atoms with E-state index < -0.39 is 17.8 Å². The fourth-order valence-electron chi connectivity index (χ4n) is 3.27. The van der Waals surface area contributed by atoms with Gasteiger partial charge in [0.1, 0.15) is 18.0 Å². The van der Waals surface area contributed by atoms with Gasteiger partial charge in [-0.1, -0.05) is 41.6 Å². The summed E-state index contributed by atoms with van der Waals surface area (Å²) in [4.78, 5) is 40.4. The van der Waals surface area contributed by atoms with Gasteiger partial charge >= 0.3 is 6.03 Å². The van der Waals surface area contributed by atoms with Crippen molar-refractivity contribution >= 4 is 41.4 Å². The highest BCUT2D eigenvalue weighted by Crippen LogP contribution is 2.28. The number of anilines is 1. The van der Waals surface area contributed by atoms with Gasteiger partial charge in [-0.15, -0.1) is 0 Å². The second-order valence-corrected chi connectivity index (χ2v) is 8.79. The SMILES string of the molecule is COc1ccc(NC(=O)CN2C(=O)N/C(=C\c3ccc(Sc4ccc(C)cc4)cc3)C2=O)cc1. The molecule has 1 aliphatic heterocycles. The van der Waals surface area contributed by atoms with Gasteiger partial charge in [-0.3, -0.25) is 9.59 Å². The van der Waals surface area contributed by atoms with Gasteiger partial charge in [0.2, 0.25) is 5.91 Å². The minimum atomic E-state index is -0.632. The van der Waals surface area contributed by atoms with E-state index in [0.29, 0.717) is 11.4 Å². The van der Waals surface area contributed by atoms with Crippen LogP contribution < -0.4 is 15.4 Å². The van der Waals surface area contributed by atoms with Gasteiger partial charge in [0.05, 0.1) is 7.11 Å². The topological polar surface area (TPSA) is 87.7 Å². The van der Waals surface area contributed by atoms with Crippen LogP contribution in [0.4, 0.5) is 10.5 Å². The van der Waals surface area contributed by atoms with Crippen LogP contribution in [0, 0.1) is 6.92 Å². The Morgan fingerprint density at radius 3 is 2.21 bits per heavy atom. The van der Waals surface area contributed by atoms with E-state index in [-0.39, 0.29) is 12.2 Å². The second-order valence-electron chi connectivity index (χ2n) is 7.64. The Balaban J connectivity index is 1.37. The highest BCUT2D eigenvalue weighted by atomic mass is 32.2. The van der Waals surface area contributed by atoms with Crippen LogP contribution in [0.1, 0.15) is 11.1 Å². The molecule has 172 valence electrons. The van der Waals surface area contributed by atoms with E-state index in [9.17, 15) is 14.4 Å². The van der Waals surface area contributed by atoms with Crippen molar-refractivity contribution in [3.8, 4) is 5.75 Å². The zero-order valence-corrected chi connectivity index (χ0v) is 19.5. The third kappa shape index (κ3) is 5.65. The number of benzene rings is 3. The fourth-order valence-corrected chi connectivity index (χ4v) is 4.09. The van der Waals surface area contributed by atoms with Crippen molar-refractivity contribution in [3.63, 3.8) is 0 Å². The lowest BCUT2D eigenvalue weighted by atomic mass is 10.2. The molecular weight excluding hydrogens is 450 g/mol. The van der Waals surface area contributed by atoms with Crippen molar-refractivity contribution in [1.82, 2.24) is 10.2 Å². The molecule has 34 heavy (non-hydrogen) atoms. The first-order chi connectivity index (χ1) is 16.4. The molecule has 1 aliphatic rings. The quantitative estimate of drug-likeness (QED) is 0.384. The molecular formula is C26H23N3O4S. The van der Waals surface area contributed by atoms with Crippen molar-refractivity contribution in [3.05, 3.63) is 89.6 Å². The molecule has 2 N–H and O–H groups in total. The molecule has 4 rings (SSSR count). The van der Waals surface area contributed by atoms with Gasteiger partial charge in [-0.05, 0) is 67.1 Å². The molecule has 4 amide bonds. The van der Waals surface area contributed by atoms with Gasteiger partial charge in [-0.25, -0.2) is 9.69 Å². The number of urea groups is 1. The van der Waals surface area contributed by atoms with Crippen LogP contribution in [0.3, 0.4) is 0 Å². The number of rotatable bonds is 7. The molecule has 1 heterocycles. The van der Waals surface area contributed by atoms with Crippen LogP contribution in [0.2, 0.25) is 0 Å². The average molecular weight is 474 g/mol. The molecule has 0 aromatic heterocycles. The Kier molecular flexibility index (Phi) is 6.98. The molecule has 7 nitrogen and oxygen atoms in total. The number of nitrogens with zero attached hydrogens (tertiary/aromatic N) is 1. The number of carbonyl (C=O) groups excluding carboxylic acids is 3. The van der Waals surface area contributed by atoms with E-state index in [1.54, 1.807) is 49.2 Å². The first-order valence-corrected chi connectivity index (χ1v) is 11.4. The predicted octanol–water partition coefficient (Wildman–Crippen LogP) is 4.69. The van der Waals surface area contributed by atoms with Crippen molar-refractivity contribution < 1.29 is 19.1 Å². The van der Waals surface area contributed by atoms with Crippen molar-refractivity contribution in [1.29, 1.82) is 0 Å². The zero-order valence-electron chi connectivity index (χ0n) is 18.7. The van der Waals surface area contributed by atoms with Crippen LogP contribution in [0.15, 0.2) is 88.3 Å². The summed E-state index contributed by atoms with van der Waals surface area (Å²) in [5.74, 6) is -0.371. The minimum absolute atomic E-state index is 0.126. The smallest absolute Gasteiger partial charge is 0.329 e.